The fourth-order valence-electron chi connectivity index (χ4n) is 2.74. The van der Waals surface area contributed by atoms with E-state index in [9.17, 15) is 13.2 Å². The lowest BCUT2D eigenvalue weighted by Gasteiger charge is -2.12. The zero-order chi connectivity index (χ0) is 20.6. The van der Waals surface area contributed by atoms with Crippen LogP contribution in [0.3, 0.4) is 0 Å². The van der Waals surface area contributed by atoms with Gasteiger partial charge in [0.25, 0.3) is 0 Å². The van der Waals surface area contributed by atoms with Gasteiger partial charge in [0.05, 0.1) is 11.5 Å². The Balaban J connectivity index is 1.86. The molecule has 0 heterocycles. The Bertz CT molecular complexity index is 910. The number of aryl methyl sites for hydroxylation is 2. The minimum atomic E-state index is -3.64. The lowest BCUT2D eigenvalue weighted by Crippen LogP contribution is -2.31. The van der Waals surface area contributed by atoms with Gasteiger partial charge in [0.2, 0.25) is 15.9 Å². The highest BCUT2D eigenvalue weighted by molar-refractivity contribution is 7.89. The summed E-state index contributed by atoms with van der Waals surface area (Å²) in [5, 5.41) is 2.83. The summed E-state index contributed by atoms with van der Waals surface area (Å²) in [6.45, 7) is 7.08. The first-order valence-corrected chi connectivity index (χ1v) is 10.8. The molecule has 2 aromatic rings. The molecule has 0 fully saturated rings. The van der Waals surface area contributed by atoms with Crippen LogP contribution in [0.15, 0.2) is 47.4 Å². The smallest absolute Gasteiger partial charge is 0.240 e. The molecule has 2 N–H and O–H groups in total. The van der Waals surface area contributed by atoms with Crippen molar-refractivity contribution < 1.29 is 17.9 Å². The van der Waals surface area contributed by atoms with E-state index in [1.54, 1.807) is 19.1 Å². The van der Waals surface area contributed by atoms with Gasteiger partial charge in [-0.15, -0.1) is 0 Å². The third-order valence-electron chi connectivity index (χ3n) is 4.33. The molecule has 2 aromatic carbocycles. The number of hydrogen-bond donors (Lipinski definition) is 2. The van der Waals surface area contributed by atoms with Crippen LogP contribution in [0.1, 0.15) is 35.6 Å². The Morgan fingerprint density at radius 1 is 1.07 bits per heavy atom. The van der Waals surface area contributed by atoms with E-state index in [0.717, 1.165) is 16.7 Å². The minimum Gasteiger partial charge on any atom is -0.377 e. The van der Waals surface area contributed by atoms with E-state index in [1.165, 1.54) is 0 Å². The fraction of sp³-hybridized carbons (Fsp3) is 0.381. The molecule has 0 spiro atoms. The molecule has 0 radical (unpaired) electrons. The summed E-state index contributed by atoms with van der Waals surface area (Å²) in [7, 11) is -3.64. The van der Waals surface area contributed by atoms with Crippen LogP contribution in [0.25, 0.3) is 0 Å². The SMILES string of the molecule is CCOCc1ccccc1CNC(=O)CCNS(=O)(=O)c1cc(C)ccc1C. The summed E-state index contributed by atoms with van der Waals surface area (Å²) in [5.74, 6) is -0.213. The number of ether oxygens (including phenoxy) is 1. The average molecular weight is 405 g/mol. The quantitative estimate of drug-likeness (QED) is 0.638. The summed E-state index contributed by atoms with van der Waals surface area (Å²) in [5.41, 5.74) is 3.56. The molecule has 28 heavy (non-hydrogen) atoms. The highest BCUT2D eigenvalue weighted by Gasteiger charge is 2.17. The van der Waals surface area contributed by atoms with Crippen LogP contribution in [0.4, 0.5) is 0 Å². The fourth-order valence-corrected chi connectivity index (χ4v) is 4.10. The molecule has 152 valence electrons. The number of carbonyl (C=O) groups excluding carboxylic acids is 1. The van der Waals surface area contributed by atoms with Crippen molar-refractivity contribution in [3.05, 3.63) is 64.7 Å². The second kappa shape index (κ2) is 10.4. The van der Waals surface area contributed by atoms with Crippen LogP contribution in [0, 0.1) is 13.8 Å². The number of benzene rings is 2. The molecule has 0 aliphatic heterocycles. The molecule has 0 aliphatic rings. The van der Waals surface area contributed by atoms with Crippen molar-refractivity contribution in [1.82, 2.24) is 10.0 Å². The molecular formula is C21H28N2O4S. The highest BCUT2D eigenvalue weighted by Crippen LogP contribution is 2.16. The highest BCUT2D eigenvalue weighted by atomic mass is 32.2. The first-order valence-electron chi connectivity index (χ1n) is 9.31. The van der Waals surface area contributed by atoms with Gasteiger partial charge in [0, 0.05) is 26.1 Å². The van der Waals surface area contributed by atoms with E-state index in [1.807, 2.05) is 44.2 Å². The van der Waals surface area contributed by atoms with E-state index in [2.05, 4.69) is 10.0 Å². The van der Waals surface area contributed by atoms with Crippen LogP contribution in [0.5, 0.6) is 0 Å². The Morgan fingerprint density at radius 3 is 2.50 bits per heavy atom. The second-order valence-corrected chi connectivity index (χ2v) is 8.33. The van der Waals surface area contributed by atoms with E-state index in [0.29, 0.717) is 25.3 Å². The third-order valence-corrected chi connectivity index (χ3v) is 5.94. The van der Waals surface area contributed by atoms with Crippen LogP contribution < -0.4 is 10.0 Å². The van der Waals surface area contributed by atoms with Gasteiger partial charge in [-0.3, -0.25) is 4.79 Å². The molecule has 1 amide bonds. The molecule has 0 aliphatic carbocycles. The van der Waals surface area contributed by atoms with Crippen molar-refractivity contribution in [2.24, 2.45) is 0 Å². The van der Waals surface area contributed by atoms with Gasteiger partial charge in [-0.2, -0.15) is 0 Å². The topological polar surface area (TPSA) is 84.5 Å². The molecule has 0 atom stereocenters. The van der Waals surface area contributed by atoms with Gasteiger partial charge in [0.15, 0.2) is 0 Å². The summed E-state index contributed by atoms with van der Waals surface area (Å²) in [6, 6.07) is 13.0. The number of amides is 1. The third kappa shape index (κ3) is 6.44. The molecule has 0 saturated heterocycles. The van der Waals surface area contributed by atoms with Crippen molar-refractivity contribution >= 4 is 15.9 Å². The standard InChI is InChI=1S/C21H28N2O4S/c1-4-27-15-19-8-6-5-7-18(19)14-22-21(24)11-12-23-28(25,26)20-13-16(2)9-10-17(20)3/h5-10,13,23H,4,11-12,14-15H2,1-3H3,(H,22,24). The normalized spacial score (nSPS) is 11.4. The van der Waals surface area contributed by atoms with Gasteiger partial charge in [0.1, 0.15) is 0 Å². The predicted octanol–water partition coefficient (Wildman–Crippen LogP) is 2.82. The van der Waals surface area contributed by atoms with Crippen molar-refractivity contribution in [2.45, 2.75) is 45.2 Å². The van der Waals surface area contributed by atoms with E-state index >= 15 is 0 Å². The van der Waals surface area contributed by atoms with Crippen LogP contribution in [-0.4, -0.2) is 27.5 Å². The predicted molar refractivity (Wildman–Crippen MR) is 109 cm³/mol. The monoisotopic (exact) mass is 404 g/mol. The molecular weight excluding hydrogens is 376 g/mol. The van der Waals surface area contributed by atoms with Crippen LogP contribution in [-0.2, 0) is 32.7 Å². The molecule has 0 saturated carbocycles. The lowest BCUT2D eigenvalue weighted by atomic mass is 10.1. The van der Waals surface area contributed by atoms with Crippen LogP contribution in [0.2, 0.25) is 0 Å². The van der Waals surface area contributed by atoms with Gasteiger partial charge < -0.3 is 10.1 Å². The summed E-state index contributed by atoms with van der Waals surface area (Å²) in [6.07, 6.45) is 0.0672. The van der Waals surface area contributed by atoms with Gasteiger partial charge in [-0.25, -0.2) is 13.1 Å². The van der Waals surface area contributed by atoms with Crippen molar-refractivity contribution in [3.8, 4) is 0 Å². The molecule has 2 rings (SSSR count). The summed E-state index contributed by atoms with van der Waals surface area (Å²) >= 11 is 0. The Morgan fingerprint density at radius 2 is 1.79 bits per heavy atom. The Labute approximate surface area is 167 Å². The average Bonchev–Trinajstić information content (AvgIpc) is 2.67. The number of sulfonamides is 1. The number of carbonyl (C=O) groups is 1. The zero-order valence-corrected chi connectivity index (χ0v) is 17.4. The molecule has 0 unspecified atom stereocenters. The minimum absolute atomic E-state index is 0.0438. The van der Waals surface area contributed by atoms with Gasteiger partial charge >= 0.3 is 0 Å². The number of hydrogen-bond acceptors (Lipinski definition) is 4. The maximum absolute atomic E-state index is 12.5. The van der Waals surface area contributed by atoms with Crippen molar-refractivity contribution in [3.63, 3.8) is 0 Å². The lowest BCUT2D eigenvalue weighted by molar-refractivity contribution is -0.121. The molecule has 6 nitrogen and oxygen atoms in total. The number of nitrogens with one attached hydrogen (secondary N) is 2. The largest absolute Gasteiger partial charge is 0.377 e. The van der Waals surface area contributed by atoms with E-state index in [-0.39, 0.29) is 23.8 Å². The van der Waals surface area contributed by atoms with Gasteiger partial charge in [-0.1, -0.05) is 36.4 Å². The zero-order valence-electron chi connectivity index (χ0n) is 16.6. The van der Waals surface area contributed by atoms with Gasteiger partial charge in [-0.05, 0) is 49.1 Å². The first kappa shape index (κ1) is 22.1. The van der Waals surface area contributed by atoms with Crippen molar-refractivity contribution in [1.29, 1.82) is 0 Å². The molecule has 7 heteroatoms. The first-order chi connectivity index (χ1) is 13.3. The number of rotatable bonds is 10. The molecule has 0 aromatic heterocycles. The maximum atomic E-state index is 12.5. The van der Waals surface area contributed by atoms with E-state index < -0.39 is 10.0 Å². The Hall–Kier alpha value is -2.22. The molecule has 0 bridgehead atoms. The van der Waals surface area contributed by atoms with E-state index in [4.69, 9.17) is 4.74 Å². The van der Waals surface area contributed by atoms with Crippen LogP contribution >= 0.6 is 0 Å². The summed E-state index contributed by atoms with van der Waals surface area (Å²) < 4.78 is 32.9. The second-order valence-electron chi connectivity index (χ2n) is 6.60. The van der Waals surface area contributed by atoms with Crippen molar-refractivity contribution in [2.75, 3.05) is 13.2 Å². The maximum Gasteiger partial charge on any atom is 0.240 e. The Kier molecular flexibility index (Phi) is 8.17. The summed E-state index contributed by atoms with van der Waals surface area (Å²) in [4.78, 5) is 12.4.